The number of benzene rings is 1. The molecular weight excluding hydrogens is 530 g/mol. The molecule has 230 valence electrons. The van der Waals surface area contributed by atoms with Gasteiger partial charge in [0.2, 0.25) is 23.6 Å². The Hall–Kier alpha value is -3.26. The van der Waals surface area contributed by atoms with Crippen molar-refractivity contribution in [3.8, 4) is 5.75 Å². The molecule has 4 atom stereocenters. The molecule has 0 saturated heterocycles. The van der Waals surface area contributed by atoms with Crippen LogP contribution in [0.15, 0.2) is 24.3 Å². The molecule has 41 heavy (non-hydrogen) atoms. The van der Waals surface area contributed by atoms with Gasteiger partial charge in [0.05, 0.1) is 12.5 Å². The molecule has 4 amide bonds. The van der Waals surface area contributed by atoms with Crippen molar-refractivity contribution in [2.75, 3.05) is 27.2 Å². The number of amides is 4. The summed E-state index contributed by atoms with van der Waals surface area (Å²) in [6.07, 6.45) is 1.43. The van der Waals surface area contributed by atoms with E-state index in [-0.39, 0.29) is 18.2 Å². The topological polar surface area (TPSA) is 201 Å². The predicted octanol–water partition coefficient (Wildman–Crippen LogP) is -0.186. The molecule has 0 saturated carbocycles. The van der Waals surface area contributed by atoms with Crippen LogP contribution < -0.4 is 37.6 Å². The first-order chi connectivity index (χ1) is 19.4. The van der Waals surface area contributed by atoms with Crippen LogP contribution in [-0.2, 0) is 25.6 Å². The molecule has 0 aromatic heterocycles. The van der Waals surface area contributed by atoms with Crippen molar-refractivity contribution in [3.05, 3.63) is 29.8 Å². The van der Waals surface area contributed by atoms with Crippen LogP contribution in [0.5, 0.6) is 5.75 Å². The molecule has 9 N–H and O–H groups in total. The van der Waals surface area contributed by atoms with E-state index < -0.39 is 47.9 Å². The minimum absolute atomic E-state index is 0.0614. The Kier molecular flexibility index (Phi) is 14.0. The summed E-state index contributed by atoms with van der Waals surface area (Å²) in [7, 11) is 3.20. The van der Waals surface area contributed by atoms with Crippen LogP contribution in [0, 0.1) is 17.8 Å². The molecule has 1 aromatic rings. The largest absolute Gasteiger partial charge is 0.494 e. The summed E-state index contributed by atoms with van der Waals surface area (Å²) in [5, 5.41) is 18.0. The molecule has 0 unspecified atom stereocenters. The second-order valence-electron chi connectivity index (χ2n) is 11.1. The quantitative estimate of drug-likeness (QED) is 0.0806. The number of ether oxygens (including phenoxy) is 1. The van der Waals surface area contributed by atoms with E-state index >= 15 is 0 Å². The van der Waals surface area contributed by atoms with Gasteiger partial charge in [-0.15, -0.1) is 0 Å². The van der Waals surface area contributed by atoms with Crippen molar-refractivity contribution in [2.24, 2.45) is 29.2 Å². The number of carbonyl (C=O) groups is 4. The molecule has 3 rings (SSSR count). The number of rotatable bonds is 11. The Labute approximate surface area is 242 Å². The molecular formula is C28H47N7O6. The van der Waals surface area contributed by atoms with E-state index in [9.17, 15) is 24.4 Å². The highest BCUT2D eigenvalue weighted by Gasteiger charge is 2.36. The number of likely N-dealkylation sites (N-methyl/N-ethyl adjacent to an activating group) is 1. The van der Waals surface area contributed by atoms with Crippen LogP contribution in [0.1, 0.15) is 51.5 Å². The second kappa shape index (κ2) is 16.9. The average molecular weight is 578 g/mol. The van der Waals surface area contributed by atoms with Gasteiger partial charge in [-0.05, 0) is 62.3 Å². The summed E-state index contributed by atoms with van der Waals surface area (Å²) in [5.74, 6) is -2.88. The van der Waals surface area contributed by atoms with Crippen molar-refractivity contribution in [1.29, 1.82) is 0 Å². The third kappa shape index (κ3) is 11.3. The lowest BCUT2D eigenvalue weighted by Crippen LogP contribution is -2.56. The Morgan fingerprint density at radius 1 is 1.15 bits per heavy atom. The Morgan fingerprint density at radius 3 is 2.41 bits per heavy atom. The van der Waals surface area contributed by atoms with Crippen molar-refractivity contribution in [3.63, 3.8) is 0 Å². The van der Waals surface area contributed by atoms with E-state index in [1.807, 2.05) is 26.0 Å². The first kappa shape index (κ1) is 33.9. The van der Waals surface area contributed by atoms with Crippen LogP contribution in [0.3, 0.4) is 0 Å². The first-order valence-electron chi connectivity index (χ1n) is 14.1. The van der Waals surface area contributed by atoms with E-state index in [1.165, 1.54) is 4.90 Å². The minimum atomic E-state index is -1.03. The van der Waals surface area contributed by atoms with Gasteiger partial charge >= 0.3 is 0 Å². The van der Waals surface area contributed by atoms with Gasteiger partial charge in [-0.3, -0.25) is 29.7 Å². The van der Waals surface area contributed by atoms with Gasteiger partial charge in [0.1, 0.15) is 24.1 Å². The van der Waals surface area contributed by atoms with Crippen LogP contribution in [-0.4, -0.2) is 79.4 Å². The number of nitrogens with zero attached hydrogens (tertiary/aromatic N) is 1. The lowest BCUT2D eigenvalue weighted by Gasteiger charge is -2.30. The molecule has 1 aromatic carbocycles. The van der Waals surface area contributed by atoms with Crippen LogP contribution in [0.4, 0.5) is 0 Å². The Bertz CT molecular complexity index is 1000. The molecule has 0 fully saturated rings. The SMILES string of the molecule is CC(C)C[C@H]1C(=O)N[C@H](C(=O)N[C@@H](CCCNC(N)N)C(=O)N(C)C)Cc2ccc(cc2)OCCC[C@@H]1C(=O)NO. The molecule has 2 bridgehead atoms. The highest BCUT2D eigenvalue weighted by molar-refractivity contribution is 5.94. The maximum Gasteiger partial charge on any atom is 0.247 e. The summed E-state index contributed by atoms with van der Waals surface area (Å²) < 4.78 is 5.81. The third-order valence-electron chi connectivity index (χ3n) is 7.02. The van der Waals surface area contributed by atoms with Gasteiger partial charge in [-0.25, -0.2) is 5.48 Å². The van der Waals surface area contributed by atoms with E-state index in [2.05, 4.69) is 16.0 Å². The van der Waals surface area contributed by atoms with Crippen LogP contribution in [0.25, 0.3) is 0 Å². The van der Waals surface area contributed by atoms with Gasteiger partial charge < -0.3 is 31.7 Å². The van der Waals surface area contributed by atoms with E-state index in [4.69, 9.17) is 16.2 Å². The molecule has 13 nitrogen and oxygen atoms in total. The number of hydrogen-bond donors (Lipinski definition) is 7. The van der Waals surface area contributed by atoms with Crippen molar-refractivity contribution in [1.82, 2.24) is 26.3 Å². The van der Waals surface area contributed by atoms with E-state index in [0.717, 1.165) is 5.56 Å². The van der Waals surface area contributed by atoms with Gasteiger partial charge in [0, 0.05) is 26.4 Å². The standard InChI is InChI=1S/C28H47N7O6/c1-17(2)15-21-20(25(37)34-40)7-6-14-41-19-11-9-18(10-12-19)16-23(33-24(21)36)26(38)32-22(27(39)35(3)4)8-5-13-31-28(29)30/h9-12,17,20-23,28,31,40H,5-8,13-16,29-30H2,1-4H3,(H,32,38)(H,33,36)(H,34,37)/t20-,21+,22-,23-/m0/s1. The highest BCUT2D eigenvalue weighted by Crippen LogP contribution is 2.27. The Morgan fingerprint density at radius 2 is 1.83 bits per heavy atom. The maximum absolute atomic E-state index is 13.7. The molecule has 0 aliphatic carbocycles. The van der Waals surface area contributed by atoms with Gasteiger partial charge in [-0.1, -0.05) is 26.0 Å². The zero-order valence-electron chi connectivity index (χ0n) is 24.5. The number of nitrogens with two attached hydrogens (primary N) is 2. The lowest BCUT2D eigenvalue weighted by molar-refractivity contribution is -0.142. The van der Waals surface area contributed by atoms with Gasteiger partial charge in [-0.2, -0.15) is 0 Å². The average Bonchev–Trinajstić information content (AvgIpc) is 2.92. The predicted molar refractivity (Wildman–Crippen MR) is 153 cm³/mol. The van der Waals surface area contributed by atoms with Crippen molar-refractivity contribution < 1.29 is 29.1 Å². The highest BCUT2D eigenvalue weighted by atomic mass is 16.5. The monoisotopic (exact) mass is 577 g/mol. The fourth-order valence-corrected chi connectivity index (χ4v) is 4.91. The zero-order chi connectivity index (χ0) is 30.5. The van der Waals surface area contributed by atoms with Crippen LogP contribution in [0.2, 0.25) is 0 Å². The fraction of sp³-hybridized carbons (Fsp3) is 0.643. The summed E-state index contributed by atoms with van der Waals surface area (Å²) in [4.78, 5) is 54.4. The second-order valence-corrected chi connectivity index (χ2v) is 11.1. The first-order valence-corrected chi connectivity index (χ1v) is 14.1. The number of hydroxylamine groups is 1. The zero-order valence-corrected chi connectivity index (χ0v) is 24.5. The number of hydrogen-bond acceptors (Lipinski definition) is 9. The van der Waals surface area contributed by atoms with Gasteiger partial charge in [0.25, 0.3) is 0 Å². The van der Waals surface area contributed by atoms with E-state index in [0.29, 0.717) is 51.0 Å². The molecule has 2 aliphatic heterocycles. The molecule has 0 spiro atoms. The van der Waals surface area contributed by atoms with Crippen LogP contribution >= 0.6 is 0 Å². The summed E-state index contributed by atoms with van der Waals surface area (Å²) in [5.41, 5.74) is 13.5. The third-order valence-corrected chi connectivity index (χ3v) is 7.02. The molecule has 0 radical (unpaired) electrons. The molecule has 2 heterocycles. The smallest absolute Gasteiger partial charge is 0.247 e. The molecule has 2 aliphatic rings. The normalized spacial score (nSPS) is 20.5. The molecule has 13 heteroatoms. The summed E-state index contributed by atoms with van der Waals surface area (Å²) in [6, 6.07) is 5.35. The summed E-state index contributed by atoms with van der Waals surface area (Å²) in [6.45, 7) is 4.66. The van der Waals surface area contributed by atoms with E-state index in [1.54, 1.807) is 31.7 Å². The maximum atomic E-state index is 13.7. The Balaban J connectivity index is 2.38. The lowest BCUT2D eigenvalue weighted by atomic mass is 9.81. The number of nitrogens with one attached hydrogen (secondary N) is 4. The van der Waals surface area contributed by atoms with Crippen molar-refractivity contribution >= 4 is 23.6 Å². The summed E-state index contributed by atoms with van der Waals surface area (Å²) >= 11 is 0. The minimum Gasteiger partial charge on any atom is -0.494 e. The fourth-order valence-electron chi connectivity index (χ4n) is 4.91. The number of carbonyl (C=O) groups excluding carboxylic acids is 4. The van der Waals surface area contributed by atoms with Gasteiger partial charge in [0.15, 0.2) is 0 Å². The number of fused-ring (bicyclic) bond motifs is 11. The van der Waals surface area contributed by atoms with Crippen molar-refractivity contribution in [2.45, 2.75) is 70.7 Å².